The van der Waals surface area contributed by atoms with Gasteiger partial charge in [-0.2, -0.15) is 0 Å². The fourth-order valence-electron chi connectivity index (χ4n) is 2.73. The molecule has 0 aliphatic carbocycles. The van der Waals surface area contributed by atoms with Crippen molar-refractivity contribution in [3.05, 3.63) is 53.1 Å². The molecule has 2 amide bonds. The zero-order chi connectivity index (χ0) is 20.9. The van der Waals surface area contributed by atoms with E-state index in [0.29, 0.717) is 17.2 Å². The van der Waals surface area contributed by atoms with Crippen LogP contribution in [0.25, 0.3) is 0 Å². The quantitative estimate of drug-likeness (QED) is 0.715. The molecule has 28 heavy (non-hydrogen) atoms. The van der Waals surface area contributed by atoms with Crippen molar-refractivity contribution < 1.29 is 19.1 Å². The van der Waals surface area contributed by atoms with Crippen LogP contribution in [0.1, 0.15) is 30.5 Å². The third-order valence-electron chi connectivity index (χ3n) is 4.67. The lowest BCUT2D eigenvalue weighted by molar-refractivity contribution is -0.138. The normalized spacial score (nSPS) is 10.9. The highest BCUT2D eigenvalue weighted by Crippen LogP contribution is 2.28. The first-order valence-corrected chi connectivity index (χ1v) is 9.07. The van der Waals surface area contributed by atoms with Gasteiger partial charge in [0.05, 0.1) is 14.2 Å². The highest BCUT2D eigenvalue weighted by molar-refractivity contribution is 6.10. The van der Waals surface area contributed by atoms with Gasteiger partial charge in [0, 0.05) is 12.2 Å². The van der Waals surface area contributed by atoms with Crippen LogP contribution in [0.2, 0.25) is 0 Å². The molecule has 0 saturated heterocycles. The summed E-state index contributed by atoms with van der Waals surface area (Å²) in [6, 6.07) is 11.2. The van der Waals surface area contributed by atoms with Gasteiger partial charge in [-0.3, -0.25) is 9.59 Å². The molecule has 0 radical (unpaired) electrons. The van der Waals surface area contributed by atoms with Crippen LogP contribution in [0.4, 0.5) is 5.69 Å². The van der Waals surface area contributed by atoms with E-state index in [1.165, 1.54) is 0 Å². The van der Waals surface area contributed by atoms with Crippen LogP contribution >= 0.6 is 0 Å². The van der Waals surface area contributed by atoms with Crippen LogP contribution in [-0.2, 0) is 16.1 Å². The lowest BCUT2D eigenvalue weighted by Crippen LogP contribution is -2.45. The molecule has 6 nitrogen and oxygen atoms in total. The molecule has 0 aromatic heterocycles. The van der Waals surface area contributed by atoms with E-state index in [-0.39, 0.29) is 18.4 Å². The summed E-state index contributed by atoms with van der Waals surface area (Å²) >= 11 is 0. The van der Waals surface area contributed by atoms with Gasteiger partial charge in [-0.1, -0.05) is 23.8 Å². The molecule has 0 unspecified atom stereocenters. The number of ether oxygens (including phenoxy) is 2. The van der Waals surface area contributed by atoms with Crippen LogP contribution in [0, 0.1) is 19.3 Å². The minimum Gasteiger partial charge on any atom is -0.493 e. The highest BCUT2D eigenvalue weighted by Gasteiger charge is 2.36. The number of rotatable bonds is 7. The molecular weight excluding hydrogens is 356 g/mol. The topological polar surface area (TPSA) is 76.7 Å². The van der Waals surface area contributed by atoms with Gasteiger partial charge < -0.3 is 20.1 Å². The summed E-state index contributed by atoms with van der Waals surface area (Å²) in [4.78, 5) is 25.4. The van der Waals surface area contributed by atoms with E-state index < -0.39 is 5.41 Å². The zero-order valence-electron chi connectivity index (χ0n) is 17.3. The summed E-state index contributed by atoms with van der Waals surface area (Å²) in [6.07, 6.45) is 0. The Morgan fingerprint density at radius 3 is 2.21 bits per heavy atom. The Morgan fingerprint density at radius 2 is 1.61 bits per heavy atom. The summed E-state index contributed by atoms with van der Waals surface area (Å²) in [6.45, 7) is 7.40. The van der Waals surface area contributed by atoms with Crippen molar-refractivity contribution in [1.29, 1.82) is 0 Å². The van der Waals surface area contributed by atoms with Crippen molar-refractivity contribution in [2.45, 2.75) is 34.2 Å². The number of nitrogens with one attached hydrogen (secondary N) is 2. The molecule has 0 aliphatic rings. The van der Waals surface area contributed by atoms with Gasteiger partial charge in [0.25, 0.3) is 0 Å². The minimum atomic E-state index is -1.23. The Labute approximate surface area is 166 Å². The van der Waals surface area contributed by atoms with Gasteiger partial charge in [0.2, 0.25) is 11.8 Å². The lowest BCUT2D eigenvalue weighted by atomic mass is 9.90. The van der Waals surface area contributed by atoms with E-state index >= 15 is 0 Å². The van der Waals surface area contributed by atoms with Gasteiger partial charge in [-0.15, -0.1) is 0 Å². The second-order valence-corrected chi connectivity index (χ2v) is 7.27. The largest absolute Gasteiger partial charge is 0.493 e. The van der Waals surface area contributed by atoms with Crippen molar-refractivity contribution in [3.8, 4) is 11.5 Å². The Kier molecular flexibility index (Phi) is 6.67. The number of methoxy groups -OCH3 is 2. The van der Waals surface area contributed by atoms with Gasteiger partial charge in [-0.05, 0) is 57.0 Å². The first-order valence-electron chi connectivity index (χ1n) is 9.07. The molecule has 6 heteroatoms. The molecule has 2 N–H and O–H groups in total. The number of carbonyl (C=O) groups excluding carboxylic acids is 2. The number of benzene rings is 2. The maximum absolute atomic E-state index is 12.7. The number of amides is 2. The molecule has 0 atom stereocenters. The van der Waals surface area contributed by atoms with E-state index in [1.54, 1.807) is 40.2 Å². The van der Waals surface area contributed by atoms with Crippen LogP contribution in [0.3, 0.4) is 0 Å². The minimum absolute atomic E-state index is 0.277. The van der Waals surface area contributed by atoms with Gasteiger partial charge >= 0.3 is 0 Å². The lowest BCUT2D eigenvalue weighted by Gasteiger charge is -2.23. The van der Waals surface area contributed by atoms with Crippen LogP contribution in [-0.4, -0.2) is 26.0 Å². The first-order chi connectivity index (χ1) is 13.2. The number of hydrogen-bond acceptors (Lipinski definition) is 4. The average molecular weight is 384 g/mol. The Balaban J connectivity index is 2.04. The summed E-state index contributed by atoms with van der Waals surface area (Å²) in [7, 11) is 3.12. The third-order valence-corrected chi connectivity index (χ3v) is 4.67. The maximum Gasteiger partial charge on any atom is 0.239 e. The molecule has 2 aromatic rings. The second kappa shape index (κ2) is 8.78. The van der Waals surface area contributed by atoms with Crippen LogP contribution in [0.15, 0.2) is 36.4 Å². The summed E-state index contributed by atoms with van der Waals surface area (Å²) in [5.41, 5.74) is 2.39. The molecular formula is C22H28N2O4. The molecule has 2 rings (SSSR count). The molecule has 0 bridgehead atoms. The van der Waals surface area contributed by atoms with Crippen molar-refractivity contribution >= 4 is 17.5 Å². The maximum atomic E-state index is 12.7. The molecule has 0 aliphatic heterocycles. The average Bonchev–Trinajstić information content (AvgIpc) is 2.67. The summed E-state index contributed by atoms with van der Waals surface area (Å²) < 4.78 is 10.5. The molecule has 0 spiro atoms. The van der Waals surface area contributed by atoms with Gasteiger partial charge in [0.1, 0.15) is 5.41 Å². The molecule has 0 heterocycles. The third kappa shape index (κ3) is 4.82. The number of aryl methyl sites for hydroxylation is 2. The molecule has 150 valence electrons. The van der Waals surface area contributed by atoms with Gasteiger partial charge in [0.15, 0.2) is 11.5 Å². The Bertz CT molecular complexity index is 875. The fourth-order valence-corrected chi connectivity index (χ4v) is 2.73. The van der Waals surface area contributed by atoms with Crippen LogP contribution in [0.5, 0.6) is 11.5 Å². The van der Waals surface area contributed by atoms with E-state index in [4.69, 9.17) is 9.47 Å². The standard InChI is InChI=1S/C22H28N2O4/c1-14-7-9-17(15(2)11-14)24-21(26)22(3,4)20(25)23-13-16-8-10-18(27-5)19(12-16)28-6/h7-12H,13H2,1-6H3,(H,23,25)(H,24,26). The van der Waals surface area contributed by atoms with Crippen molar-refractivity contribution in [3.63, 3.8) is 0 Å². The predicted molar refractivity (Wildman–Crippen MR) is 110 cm³/mol. The summed E-state index contributed by atoms with van der Waals surface area (Å²) in [5.74, 6) is 0.487. The number of hydrogen-bond donors (Lipinski definition) is 2. The second-order valence-electron chi connectivity index (χ2n) is 7.27. The fraction of sp³-hybridized carbons (Fsp3) is 0.364. The van der Waals surface area contributed by atoms with Crippen molar-refractivity contribution in [2.24, 2.45) is 5.41 Å². The van der Waals surface area contributed by atoms with Gasteiger partial charge in [-0.25, -0.2) is 0 Å². The molecule has 0 saturated carbocycles. The Morgan fingerprint density at radius 1 is 0.929 bits per heavy atom. The zero-order valence-corrected chi connectivity index (χ0v) is 17.3. The summed E-state index contributed by atoms with van der Waals surface area (Å²) in [5, 5.41) is 5.68. The van der Waals surface area contributed by atoms with Crippen molar-refractivity contribution in [2.75, 3.05) is 19.5 Å². The SMILES string of the molecule is COc1ccc(CNC(=O)C(C)(C)C(=O)Nc2ccc(C)cc2C)cc1OC. The predicted octanol–water partition coefficient (Wildman–Crippen LogP) is 3.60. The van der Waals surface area contributed by atoms with E-state index in [9.17, 15) is 9.59 Å². The van der Waals surface area contributed by atoms with Crippen molar-refractivity contribution in [1.82, 2.24) is 5.32 Å². The van der Waals surface area contributed by atoms with E-state index in [2.05, 4.69) is 10.6 Å². The van der Waals surface area contributed by atoms with Crippen LogP contribution < -0.4 is 20.1 Å². The number of carbonyl (C=O) groups is 2. The Hall–Kier alpha value is -3.02. The monoisotopic (exact) mass is 384 g/mol. The molecule has 2 aromatic carbocycles. The number of anilines is 1. The smallest absolute Gasteiger partial charge is 0.239 e. The van der Waals surface area contributed by atoms with E-state index in [0.717, 1.165) is 16.7 Å². The first kappa shape index (κ1) is 21.3. The van der Waals surface area contributed by atoms with E-state index in [1.807, 2.05) is 38.1 Å². The molecule has 0 fully saturated rings. The highest BCUT2D eigenvalue weighted by atomic mass is 16.5.